The van der Waals surface area contributed by atoms with E-state index < -0.39 is 24.6 Å². The van der Waals surface area contributed by atoms with Crippen molar-refractivity contribution in [2.75, 3.05) is 6.61 Å². The molecule has 0 saturated heterocycles. The van der Waals surface area contributed by atoms with Crippen molar-refractivity contribution in [3.05, 3.63) is 95.6 Å². The first-order valence-electron chi connectivity index (χ1n) is 11.1. The Kier molecular flexibility index (Phi) is 9.55. The molecule has 186 valence electrons. The maximum Gasteiger partial charge on any atom is 1.00 e. The molecule has 37 heavy (non-hydrogen) atoms. The molecule has 0 radical (unpaired) electrons. The number of nitrogens with zero attached hydrogens (tertiary/aromatic N) is 2. The molecule has 1 aliphatic rings. The topological polar surface area (TPSA) is 110 Å². The second-order valence-electron chi connectivity index (χ2n) is 8.32. The molecule has 1 aliphatic heterocycles. The Morgan fingerprint density at radius 3 is 2.41 bits per heavy atom. The molecule has 0 N–H and O–H groups in total. The molecule has 11 heteroatoms. The predicted molar refractivity (Wildman–Crippen MR) is 133 cm³/mol. The van der Waals surface area contributed by atoms with Crippen molar-refractivity contribution in [2.45, 2.75) is 32.9 Å². The molecule has 1 atom stereocenters. The van der Waals surface area contributed by atoms with Crippen molar-refractivity contribution < 1.29 is 53.7 Å². The van der Waals surface area contributed by atoms with E-state index in [4.69, 9.17) is 21.1 Å². The number of benzene rings is 2. The van der Waals surface area contributed by atoms with E-state index in [0.29, 0.717) is 42.5 Å². The Labute approximate surface area is 243 Å². The quantitative estimate of drug-likeness (QED) is 0.276. The molecule has 0 saturated carbocycles. The minimum Gasteiger partial charge on any atom is -0.546 e. The van der Waals surface area contributed by atoms with Crippen LogP contribution in [-0.2, 0) is 14.3 Å². The molecular weight excluding hydrogens is 527 g/mol. The van der Waals surface area contributed by atoms with Crippen LogP contribution in [0.4, 0.5) is 0 Å². The average molecular weight is 549 g/mol. The second-order valence-corrected chi connectivity index (χ2v) is 9.76. The third-order valence-electron chi connectivity index (χ3n) is 5.30. The van der Waals surface area contributed by atoms with Crippen LogP contribution in [0.2, 0.25) is 5.02 Å². The van der Waals surface area contributed by atoms with Crippen LogP contribution in [0.5, 0.6) is 5.75 Å². The van der Waals surface area contributed by atoms with E-state index in [0.717, 1.165) is 0 Å². The molecular formula is C26H22ClN2NaO6S. The molecule has 0 bridgehead atoms. The second kappa shape index (κ2) is 12.2. The van der Waals surface area contributed by atoms with Crippen LogP contribution >= 0.6 is 22.9 Å². The van der Waals surface area contributed by atoms with E-state index in [1.807, 2.05) is 0 Å². The Hall–Kier alpha value is -2.69. The number of thiazole rings is 1. The molecule has 8 nitrogen and oxygen atoms in total. The van der Waals surface area contributed by atoms with Crippen LogP contribution in [0.3, 0.4) is 0 Å². The van der Waals surface area contributed by atoms with Crippen LogP contribution < -0.4 is 54.3 Å². The zero-order valence-electron chi connectivity index (χ0n) is 20.7. The van der Waals surface area contributed by atoms with Crippen LogP contribution in [0.15, 0.2) is 69.6 Å². The number of aromatic nitrogens is 1. The van der Waals surface area contributed by atoms with E-state index >= 15 is 0 Å². The van der Waals surface area contributed by atoms with Crippen LogP contribution in [0.1, 0.15) is 37.9 Å². The first-order valence-corrected chi connectivity index (χ1v) is 12.2. The van der Waals surface area contributed by atoms with Gasteiger partial charge in [0.1, 0.15) is 12.4 Å². The van der Waals surface area contributed by atoms with Crippen molar-refractivity contribution in [3.8, 4) is 5.75 Å². The van der Waals surface area contributed by atoms with Crippen molar-refractivity contribution in [2.24, 2.45) is 4.99 Å². The molecule has 0 fully saturated rings. The fourth-order valence-electron chi connectivity index (χ4n) is 3.77. The van der Waals surface area contributed by atoms with Gasteiger partial charge in [0.25, 0.3) is 5.56 Å². The summed E-state index contributed by atoms with van der Waals surface area (Å²) in [5, 5.41) is 11.1. The van der Waals surface area contributed by atoms with Gasteiger partial charge in [-0.15, -0.1) is 0 Å². The summed E-state index contributed by atoms with van der Waals surface area (Å²) in [5.74, 6) is -1.49. The normalized spacial score (nSPS) is 15.1. The van der Waals surface area contributed by atoms with E-state index in [1.165, 1.54) is 15.9 Å². The molecule has 0 aliphatic carbocycles. The van der Waals surface area contributed by atoms with E-state index in [-0.39, 0.29) is 41.2 Å². The number of carbonyl (C=O) groups is 2. The van der Waals surface area contributed by atoms with Gasteiger partial charge >= 0.3 is 35.5 Å². The number of fused-ring (bicyclic) bond motifs is 1. The smallest absolute Gasteiger partial charge is 0.546 e. The van der Waals surface area contributed by atoms with Gasteiger partial charge in [-0.25, -0.2) is 9.79 Å². The number of aliphatic carboxylic acids is 1. The van der Waals surface area contributed by atoms with E-state index in [9.17, 15) is 19.5 Å². The largest absolute Gasteiger partial charge is 1.00 e. The number of allylic oxidation sites excluding steroid dienone is 1. The number of halogens is 1. The van der Waals surface area contributed by atoms with Crippen LogP contribution in [0.25, 0.3) is 6.08 Å². The monoisotopic (exact) mass is 548 g/mol. The van der Waals surface area contributed by atoms with Crippen molar-refractivity contribution in [1.29, 1.82) is 0 Å². The summed E-state index contributed by atoms with van der Waals surface area (Å²) in [6.45, 7) is 4.69. The van der Waals surface area contributed by atoms with Gasteiger partial charge in [0.05, 0.1) is 33.9 Å². The van der Waals surface area contributed by atoms with Gasteiger partial charge < -0.3 is 19.4 Å². The van der Waals surface area contributed by atoms with Crippen molar-refractivity contribution in [3.63, 3.8) is 0 Å². The molecule has 2 aromatic carbocycles. The van der Waals surface area contributed by atoms with Crippen molar-refractivity contribution in [1.82, 2.24) is 4.57 Å². The molecule has 3 aromatic rings. The summed E-state index contributed by atoms with van der Waals surface area (Å²) in [7, 11) is 0. The van der Waals surface area contributed by atoms with E-state index in [2.05, 4.69) is 4.99 Å². The number of esters is 1. The minimum atomic E-state index is -1.32. The van der Waals surface area contributed by atoms with Gasteiger partial charge in [-0.2, -0.15) is 0 Å². The molecule has 4 rings (SSSR count). The number of hydrogen-bond donors (Lipinski definition) is 0. The van der Waals surface area contributed by atoms with Gasteiger partial charge in [0, 0.05) is 5.02 Å². The summed E-state index contributed by atoms with van der Waals surface area (Å²) in [5.41, 5.74) is 1.87. The van der Waals surface area contributed by atoms with Crippen molar-refractivity contribution >= 4 is 41.0 Å². The maximum atomic E-state index is 13.6. The number of carboxylic acid groups (broad SMARTS) is 1. The molecule has 0 amide bonds. The Balaban J connectivity index is 0.00000380. The van der Waals surface area contributed by atoms with Crippen LogP contribution in [0, 0.1) is 0 Å². The third-order valence-corrected chi connectivity index (χ3v) is 6.54. The standard InChI is InChI=1S/C26H23ClN2O6S.Na/c1-14(2)35-25(33)22-15(3)28-26-29(23(22)17-6-8-18(27)9-7-17)24(32)20(36-26)12-16-4-10-19(11-5-16)34-13-21(30)31;/h4-12,14,23H,13H2,1-3H3,(H,30,31);/q;+1/p-1/b20-12-;. The number of ether oxygens (including phenoxy) is 2. The zero-order valence-corrected chi connectivity index (χ0v) is 24.3. The summed E-state index contributed by atoms with van der Waals surface area (Å²) in [6, 6.07) is 12.8. The molecule has 1 aromatic heterocycles. The van der Waals surface area contributed by atoms with Crippen LogP contribution in [-0.4, -0.2) is 29.2 Å². The minimum absolute atomic E-state index is 0. The summed E-state index contributed by atoms with van der Waals surface area (Å²) < 4.78 is 12.5. The van der Waals surface area contributed by atoms with Gasteiger partial charge in [0.15, 0.2) is 4.80 Å². The first kappa shape index (κ1) is 28.9. The summed E-state index contributed by atoms with van der Waals surface area (Å²) in [4.78, 5) is 42.3. The Morgan fingerprint density at radius 1 is 1.16 bits per heavy atom. The van der Waals surface area contributed by atoms with Gasteiger partial charge in [-0.1, -0.05) is 47.2 Å². The summed E-state index contributed by atoms with van der Waals surface area (Å²) in [6.07, 6.45) is 1.36. The molecule has 2 heterocycles. The zero-order chi connectivity index (χ0) is 26.0. The number of carbonyl (C=O) groups excluding carboxylic acids is 2. The summed E-state index contributed by atoms with van der Waals surface area (Å²) >= 11 is 7.29. The number of carboxylic acids is 1. The fourth-order valence-corrected chi connectivity index (χ4v) is 4.95. The Morgan fingerprint density at radius 2 is 1.81 bits per heavy atom. The molecule has 0 spiro atoms. The number of rotatable bonds is 7. The molecule has 1 unspecified atom stereocenters. The SMILES string of the molecule is CC1=C(C(=O)OC(C)C)C(c2ccc(Cl)cc2)n2c(s/c(=C\c3ccc(OCC(=O)[O-])cc3)c2=O)=N1.[Na+]. The van der Waals surface area contributed by atoms with Gasteiger partial charge in [-0.05, 0) is 62.2 Å². The first-order chi connectivity index (χ1) is 17.1. The van der Waals surface area contributed by atoms with Gasteiger partial charge in [0.2, 0.25) is 0 Å². The third kappa shape index (κ3) is 6.61. The van der Waals surface area contributed by atoms with E-state index in [1.54, 1.807) is 75.4 Å². The Bertz CT molecular complexity index is 1520. The van der Waals surface area contributed by atoms with Gasteiger partial charge in [-0.3, -0.25) is 9.36 Å². The predicted octanol–water partition coefficient (Wildman–Crippen LogP) is -1.03. The maximum absolute atomic E-state index is 13.6. The fraction of sp³-hybridized carbons (Fsp3) is 0.231. The number of hydrogen-bond acceptors (Lipinski definition) is 8. The average Bonchev–Trinajstić information content (AvgIpc) is 3.12.